The average molecular weight is 390 g/mol. The standard InChI is InChI=1S/C15H10N4O3S3/c1-8(13-17-18-14(22-13)11-3-2-6-23-11)24-15-16-10-5-4-9(19(20)21)7-12(10)25-15/h2-8H,1H3/t8-/m1/s1. The minimum absolute atomic E-state index is 0.0678. The fourth-order valence-electron chi connectivity index (χ4n) is 2.16. The SMILES string of the molecule is C[C@@H](Sc1nc2ccc([N+](=O)[O-])cc2s1)c1nnc(-c2cccs2)o1. The number of nitro benzene ring substituents is 1. The molecule has 0 aliphatic rings. The summed E-state index contributed by atoms with van der Waals surface area (Å²) in [5.41, 5.74) is 0.813. The van der Waals surface area contributed by atoms with Gasteiger partial charge in [0.2, 0.25) is 5.89 Å². The number of nitrogens with zero attached hydrogens (tertiary/aromatic N) is 4. The summed E-state index contributed by atoms with van der Waals surface area (Å²) in [5, 5.41) is 21.0. The van der Waals surface area contributed by atoms with E-state index in [1.54, 1.807) is 23.5 Å². The molecule has 0 saturated heterocycles. The van der Waals surface area contributed by atoms with Crippen LogP contribution < -0.4 is 0 Å². The molecule has 7 nitrogen and oxygen atoms in total. The van der Waals surface area contributed by atoms with Crippen LogP contribution in [0.5, 0.6) is 0 Å². The number of thiophene rings is 1. The molecule has 1 atom stereocenters. The Hall–Kier alpha value is -2.30. The van der Waals surface area contributed by atoms with E-state index in [0.717, 1.165) is 19.4 Å². The van der Waals surface area contributed by atoms with Crippen molar-refractivity contribution < 1.29 is 9.34 Å². The third kappa shape index (κ3) is 3.28. The molecule has 0 bridgehead atoms. The Morgan fingerprint density at radius 3 is 2.96 bits per heavy atom. The Balaban J connectivity index is 1.55. The Morgan fingerprint density at radius 1 is 1.32 bits per heavy atom. The zero-order valence-electron chi connectivity index (χ0n) is 12.8. The number of thioether (sulfide) groups is 1. The van der Waals surface area contributed by atoms with Crippen LogP contribution in [0.3, 0.4) is 0 Å². The van der Waals surface area contributed by atoms with Gasteiger partial charge in [0.05, 0.1) is 25.3 Å². The first kappa shape index (κ1) is 16.2. The highest BCUT2D eigenvalue weighted by Crippen LogP contribution is 2.39. The number of thiazole rings is 1. The first-order valence-corrected chi connectivity index (χ1v) is 9.76. The van der Waals surface area contributed by atoms with Crippen molar-refractivity contribution in [1.82, 2.24) is 15.2 Å². The Morgan fingerprint density at radius 2 is 2.20 bits per heavy atom. The second-order valence-corrected chi connectivity index (χ2v) is 8.64. The molecular formula is C15H10N4O3S3. The van der Waals surface area contributed by atoms with E-state index in [9.17, 15) is 10.1 Å². The van der Waals surface area contributed by atoms with Crippen LogP contribution in [0.2, 0.25) is 0 Å². The molecule has 3 aromatic heterocycles. The van der Waals surface area contributed by atoms with Crippen molar-refractivity contribution in [3.8, 4) is 10.8 Å². The third-order valence-corrected chi connectivity index (χ3v) is 6.42. The van der Waals surface area contributed by atoms with Gasteiger partial charge >= 0.3 is 0 Å². The minimum Gasteiger partial charge on any atom is -0.419 e. The van der Waals surface area contributed by atoms with Crippen LogP contribution in [0.25, 0.3) is 21.0 Å². The molecule has 3 heterocycles. The van der Waals surface area contributed by atoms with Crippen molar-refractivity contribution in [2.24, 2.45) is 0 Å². The van der Waals surface area contributed by atoms with Crippen LogP contribution in [-0.2, 0) is 0 Å². The van der Waals surface area contributed by atoms with E-state index in [4.69, 9.17) is 4.42 Å². The molecule has 0 saturated carbocycles. The smallest absolute Gasteiger partial charge is 0.270 e. The molecule has 0 amide bonds. The van der Waals surface area contributed by atoms with Gasteiger partial charge in [-0.05, 0) is 24.4 Å². The lowest BCUT2D eigenvalue weighted by Crippen LogP contribution is -1.88. The molecule has 25 heavy (non-hydrogen) atoms. The predicted octanol–water partition coefficient (Wildman–Crippen LogP) is 5.17. The van der Waals surface area contributed by atoms with Crippen molar-refractivity contribution in [3.05, 3.63) is 51.7 Å². The monoisotopic (exact) mass is 390 g/mol. The number of benzene rings is 1. The molecule has 0 aliphatic carbocycles. The summed E-state index contributed by atoms with van der Waals surface area (Å²) < 4.78 is 7.33. The lowest BCUT2D eigenvalue weighted by molar-refractivity contribution is -0.384. The third-order valence-electron chi connectivity index (χ3n) is 3.36. The normalized spacial score (nSPS) is 12.5. The van der Waals surface area contributed by atoms with Gasteiger partial charge in [-0.25, -0.2) is 4.98 Å². The van der Waals surface area contributed by atoms with Gasteiger partial charge in [0.25, 0.3) is 11.6 Å². The quantitative estimate of drug-likeness (QED) is 0.263. The first-order valence-electron chi connectivity index (χ1n) is 7.19. The van der Waals surface area contributed by atoms with E-state index in [2.05, 4.69) is 15.2 Å². The Labute approximate surface area is 153 Å². The summed E-state index contributed by atoms with van der Waals surface area (Å²) >= 11 is 4.45. The number of hydrogen-bond acceptors (Lipinski definition) is 9. The maximum Gasteiger partial charge on any atom is 0.270 e. The number of nitro groups is 1. The van der Waals surface area contributed by atoms with Crippen molar-refractivity contribution >= 4 is 50.3 Å². The van der Waals surface area contributed by atoms with E-state index in [1.165, 1.54) is 29.2 Å². The summed E-state index contributed by atoms with van der Waals surface area (Å²) in [6.07, 6.45) is 0. The number of fused-ring (bicyclic) bond motifs is 1. The van der Waals surface area contributed by atoms with Crippen LogP contribution in [0.15, 0.2) is 44.5 Å². The molecule has 1 aromatic carbocycles. The number of hydrogen-bond donors (Lipinski definition) is 0. The Bertz CT molecular complexity index is 1040. The molecule has 0 spiro atoms. The van der Waals surface area contributed by atoms with Crippen LogP contribution in [0.1, 0.15) is 18.1 Å². The summed E-state index contributed by atoms with van der Waals surface area (Å²) in [4.78, 5) is 15.9. The topological polar surface area (TPSA) is 95.0 Å². The molecule has 0 radical (unpaired) electrons. The van der Waals surface area contributed by atoms with Crippen molar-refractivity contribution in [2.75, 3.05) is 0 Å². The molecule has 0 aliphatic heterocycles. The van der Waals surface area contributed by atoms with E-state index < -0.39 is 4.92 Å². The molecule has 4 rings (SSSR count). The number of rotatable bonds is 5. The fraction of sp³-hybridized carbons (Fsp3) is 0.133. The van der Waals surface area contributed by atoms with E-state index >= 15 is 0 Å². The van der Waals surface area contributed by atoms with Crippen molar-refractivity contribution in [1.29, 1.82) is 0 Å². The Kier molecular flexibility index (Phi) is 4.24. The first-order chi connectivity index (χ1) is 12.1. The van der Waals surface area contributed by atoms with Gasteiger partial charge in [-0.15, -0.1) is 32.9 Å². The highest BCUT2D eigenvalue weighted by molar-refractivity contribution is 8.01. The molecule has 10 heteroatoms. The van der Waals surface area contributed by atoms with Gasteiger partial charge < -0.3 is 4.42 Å². The van der Waals surface area contributed by atoms with Crippen LogP contribution in [-0.4, -0.2) is 20.1 Å². The zero-order chi connectivity index (χ0) is 17.4. The van der Waals surface area contributed by atoms with Crippen molar-refractivity contribution in [2.45, 2.75) is 16.5 Å². The summed E-state index contributed by atoms with van der Waals surface area (Å²) in [6, 6.07) is 8.54. The molecule has 126 valence electrons. The summed E-state index contributed by atoms with van der Waals surface area (Å²) in [6.45, 7) is 1.96. The van der Waals surface area contributed by atoms with Crippen LogP contribution >= 0.6 is 34.4 Å². The van der Waals surface area contributed by atoms with Gasteiger partial charge in [-0.2, -0.15) is 0 Å². The van der Waals surface area contributed by atoms with Gasteiger partial charge in [0.1, 0.15) is 0 Å². The largest absolute Gasteiger partial charge is 0.419 e. The van der Waals surface area contributed by atoms with E-state index in [0.29, 0.717) is 11.8 Å². The summed E-state index contributed by atoms with van der Waals surface area (Å²) in [5.74, 6) is 1.04. The molecule has 0 N–H and O–H groups in total. The molecular weight excluding hydrogens is 380 g/mol. The highest BCUT2D eigenvalue weighted by atomic mass is 32.2. The predicted molar refractivity (Wildman–Crippen MR) is 98.2 cm³/mol. The maximum absolute atomic E-state index is 10.9. The number of non-ortho nitro benzene ring substituents is 1. The minimum atomic E-state index is -0.404. The van der Waals surface area contributed by atoms with Crippen LogP contribution in [0, 0.1) is 10.1 Å². The number of aromatic nitrogens is 3. The summed E-state index contributed by atoms with van der Waals surface area (Å²) in [7, 11) is 0. The maximum atomic E-state index is 10.9. The fourth-order valence-corrected chi connectivity index (χ4v) is 5.08. The second-order valence-electron chi connectivity index (χ2n) is 5.07. The van der Waals surface area contributed by atoms with Gasteiger partial charge in [0, 0.05) is 12.1 Å². The second kappa shape index (κ2) is 6.54. The van der Waals surface area contributed by atoms with Crippen molar-refractivity contribution in [3.63, 3.8) is 0 Å². The lowest BCUT2D eigenvalue weighted by Gasteiger charge is -2.02. The van der Waals surface area contributed by atoms with Gasteiger partial charge in [0.15, 0.2) is 4.34 Å². The van der Waals surface area contributed by atoms with E-state index in [-0.39, 0.29) is 10.9 Å². The zero-order valence-corrected chi connectivity index (χ0v) is 15.2. The highest BCUT2D eigenvalue weighted by Gasteiger charge is 2.19. The van der Waals surface area contributed by atoms with Gasteiger partial charge in [-0.1, -0.05) is 17.8 Å². The average Bonchev–Trinajstić information content (AvgIpc) is 3.32. The molecule has 0 fully saturated rings. The van der Waals surface area contributed by atoms with E-state index in [1.807, 2.05) is 24.4 Å². The lowest BCUT2D eigenvalue weighted by atomic mass is 10.3. The van der Waals surface area contributed by atoms with Gasteiger partial charge in [-0.3, -0.25) is 10.1 Å². The molecule has 0 unspecified atom stereocenters. The van der Waals surface area contributed by atoms with Crippen LogP contribution in [0.4, 0.5) is 5.69 Å². The molecule has 4 aromatic rings.